The number of aromatic nitrogens is 1. The Balaban J connectivity index is 2.34. The molecule has 1 aromatic heterocycles. The zero-order valence-electron chi connectivity index (χ0n) is 10.4. The summed E-state index contributed by atoms with van der Waals surface area (Å²) >= 11 is 0. The van der Waals surface area contributed by atoms with Crippen LogP contribution >= 0.6 is 0 Å². The standard InChI is InChI=1S/C14H17N3O/c1-2-17-10-6-4-3-5-9(10)12-11(17)7-8-16-13(12)14(15)18/h3-6,13,16H,2,7-8H2,1H3,(H2,15,18). The molecule has 0 saturated carbocycles. The number of carbonyl (C=O) groups excluding carboxylic acids is 1. The van der Waals surface area contributed by atoms with Crippen LogP contribution in [0.1, 0.15) is 24.2 Å². The van der Waals surface area contributed by atoms with Crippen molar-refractivity contribution < 1.29 is 4.79 Å². The highest BCUT2D eigenvalue weighted by atomic mass is 16.1. The van der Waals surface area contributed by atoms with Crippen LogP contribution in [0.4, 0.5) is 0 Å². The summed E-state index contributed by atoms with van der Waals surface area (Å²) in [7, 11) is 0. The molecular formula is C14H17N3O. The third kappa shape index (κ3) is 1.46. The Labute approximate surface area is 106 Å². The molecule has 0 bridgehead atoms. The Bertz CT molecular complexity index is 615. The van der Waals surface area contributed by atoms with E-state index in [1.165, 1.54) is 11.2 Å². The molecule has 0 saturated heterocycles. The van der Waals surface area contributed by atoms with Crippen LogP contribution < -0.4 is 11.1 Å². The number of nitrogens with zero attached hydrogens (tertiary/aromatic N) is 1. The van der Waals surface area contributed by atoms with Gasteiger partial charge in [-0.25, -0.2) is 0 Å². The lowest BCUT2D eigenvalue weighted by molar-refractivity contribution is -0.120. The Morgan fingerprint density at radius 2 is 2.28 bits per heavy atom. The van der Waals surface area contributed by atoms with Gasteiger partial charge in [0, 0.05) is 41.7 Å². The summed E-state index contributed by atoms with van der Waals surface area (Å²) in [4.78, 5) is 11.6. The predicted molar refractivity (Wildman–Crippen MR) is 71.3 cm³/mol. The molecule has 0 radical (unpaired) electrons. The first-order chi connectivity index (χ1) is 8.74. The Hall–Kier alpha value is -1.81. The van der Waals surface area contributed by atoms with Crippen molar-refractivity contribution in [3.63, 3.8) is 0 Å². The number of fused-ring (bicyclic) bond motifs is 3. The van der Waals surface area contributed by atoms with Crippen LogP contribution in [0.5, 0.6) is 0 Å². The second kappa shape index (κ2) is 4.14. The Morgan fingerprint density at radius 1 is 1.50 bits per heavy atom. The number of aryl methyl sites for hydroxylation is 1. The van der Waals surface area contributed by atoms with Crippen LogP contribution in [-0.4, -0.2) is 17.0 Å². The summed E-state index contributed by atoms with van der Waals surface area (Å²) < 4.78 is 2.29. The van der Waals surface area contributed by atoms with Crippen LogP contribution in [0.2, 0.25) is 0 Å². The summed E-state index contributed by atoms with van der Waals surface area (Å²) in [5.74, 6) is -0.296. The molecule has 1 aromatic carbocycles. The molecule has 4 heteroatoms. The molecule has 4 nitrogen and oxygen atoms in total. The summed E-state index contributed by atoms with van der Waals surface area (Å²) in [6, 6.07) is 7.87. The lowest BCUT2D eigenvalue weighted by atomic mass is 9.97. The molecule has 0 spiro atoms. The second-order valence-corrected chi connectivity index (χ2v) is 4.66. The van der Waals surface area contributed by atoms with E-state index in [9.17, 15) is 4.79 Å². The second-order valence-electron chi connectivity index (χ2n) is 4.66. The van der Waals surface area contributed by atoms with Gasteiger partial charge in [0.15, 0.2) is 0 Å². The van der Waals surface area contributed by atoms with Crippen molar-refractivity contribution in [3.8, 4) is 0 Å². The van der Waals surface area contributed by atoms with Crippen molar-refractivity contribution in [2.45, 2.75) is 25.9 Å². The van der Waals surface area contributed by atoms with Crippen LogP contribution in [0, 0.1) is 0 Å². The molecule has 1 unspecified atom stereocenters. The van der Waals surface area contributed by atoms with E-state index in [1.807, 2.05) is 12.1 Å². The number of rotatable bonds is 2. The first-order valence-electron chi connectivity index (χ1n) is 6.36. The molecule has 2 aromatic rings. The Morgan fingerprint density at radius 3 is 3.00 bits per heavy atom. The number of hydrogen-bond acceptors (Lipinski definition) is 2. The van der Waals surface area contributed by atoms with Crippen molar-refractivity contribution >= 4 is 16.8 Å². The lowest BCUT2D eigenvalue weighted by Gasteiger charge is -2.23. The highest BCUT2D eigenvalue weighted by molar-refractivity contribution is 5.93. The SMILES string of the molecule is CCn1c2c(c3ccccc31)C(C(N)=O)NCC2. The topological polar surface area (TPSA) is 60.0 Å². The maximum Gasteiger partial charge on any atom is 0.239 e. The number of carbonyl (C=O) groups is 1. The number of primary amides is 1. The normalized spacial score (nSPS) is 18.8. The van der Waals surface area contributed by atoms with E-state index < -0.39 is 0 Å². The highest BCUT2D eigenvalue weighted by Gasteiger charge is 2.29. The zero-order valence-corrected chi connectivity index (χ0v) is 10.4. The molecule has 0 fully saturated rings. The smallest absolute Gasteiger partial charge is 0.239 e. The van der Waals surface area contributed by atoms with Gasteiger partial charge in [0.1, 0.15) is 6.04 Å². The van der Waals surface area contributed by atoms with E-state index in [1.54, 1.807) is 0 Å². The highest BCUT2D eigenvalue weighted by Crippen LogP contribution is 2.33. The van der Waals surface area contributed by atoms with Crippen LogP contribution in [0.3, 0.4) is 0 Å². The fourth-order valence-electron chi connectivity index (χ4n) is 3.02. The molecule has 18 heavy (non-hydrogen) atoms. The molecule has 1 atom stereocenters. The zero-order chi connectivity index (χ0) is 12.7. The van der Waals surface area contributed by atoms with E-state index in [-0.39, 0.29) is 11.9 Å². The molecule has 3 N–H and O–H groups in total. The number of benzene rings is 1. The van der Waals surface area contributed by atoms with Gasteiger partial charge >= 0.3 is 0 Å². The number of amides is 1. The molecule has 0 aliphatic carbocycles. The monoisotopic (exact) mass is 243 g/mol. The van der Waals surface area contributed by atoms with Crippen molar-refractivity contribution in [2.75, 3.05) is 6.54 Å². The van der Waals surface area contributed by atoms with Crippen LogP contribution in [0.15, 0.2) is 24.3 Å². The molecule has 1 aliphatic rings. The average Bonchev–Trinajstić information content (AvgIpc) is 2.72. The van der Waals surface area contributed by atoms with Crippen molar-refractivity contribution in [2.24, 2.45) is 5.73 Å². The van der Waals surface area contributed by atoms with Gasteiger partial charge in [-0.3, -0.25) is 4.79 Å². The summed E-state index contributed by atoms with van der Waals surface area (Å²) in [6.07, 6.45) is 0.946. The van der Waals surface area contributed by atoms with Crippen molar-refractivity contribution in [1.29, 1.82) is 0 Å². The fraction of sp³-hybridized carbons (Fsp3) is 0.357. The quantitative estimate of drug-likeness (QED) is 0.836. The molecule has 3 rings (SSSR count). The Kier molecular flexibility index (Phi) is 2.59. The molecule has 1 amide bonds. The molecular weight excluding hydrogens is 226 g/mol. The number of para-hydroxylation sites is 1. The maximum absolute atomic E-state index is 11.6. The van der Waals surface area contributed by atoms with Gasteiger partial charge in [0.2, 0.25) is 5.91 Å². The summed E-state index contributed by atoms with van der Waals surface area (Å²) in [5, 5.41) is 4.36. The first-order valence-corrected chi connectivity index (χ1v) is 6.36. The average molecular weight is 243 g/mol. The van der Waals surface area contributed by atoms with E-state index in [0.29, 0.717) is 0 Å². The lowest BCUT2D eigenvalue weighted by Crippen LogP contribution is -2.38. The van der Waals surface area contributed by atoms with Gasteiger partial charge in [0.25, 0.3) is 0 Å². The maximum atomic E-state index is 11.6. The van der Waals surface area contributed by atoms with Crippen LogP contribution in [-0.2, 0) is 17.8 Å². The minimum atomic E-state index is -0.355. The first kappa shape index (κ1) is 11.3. The third-order valence-corrected chi connectivity index (χ3v) is 3.72. The fourth-order valence-corrected chi connectivity index (χ4v) is 3.02. The minimum Gasteiger partial charge on any atom is -0.368 e. The van der Waals surface area contributed by atoms with Gasteiger partial charge in [0.05, 0.1) is 0 Å². The van der Waals surface area contributed by atoms with Gasteiger partial charge in [-0.15, -0.1) is 0 Å². The van der Waals surface area contributed by atoms with E-state index in [2.05, 4.69) is 28.9 Å². The van der Waals surface area contributed by atoms with E-state index in [4.69, 9.17) is 5.73 Å². The van der Waals surface area contributed by atoms with Crippen molar-refractivity contribution in [3.05, 3.63) is 35.5 Å². The number of hydrogen-bond donors (Lipinski definition) is 2. The molecule has 2 heterocycles. The van der Waals surface area contributed by atoms with Gasteiger partial charge in [-0.2, -0.15) is 0 Å². The number of nitrogens with two attached hydrogens (primary N) is 1. The van der Waals surface area contributed by atoms with E-state index >= 15 is 0 Å². The third-order valence-electron chi connectivity index (χ3n) is 3.72. The number of nitrogens with one attached hydrogen (secondary N) is 1. The van der Waals surface area contributed by atoms with Crippen LogP contribution in [0.25, 0.3) is 10.9 Å². The van der Waals surface area contributed by atoms with Gasteiger partial charge < -0.3 is 15.6 Å². The summed E-state index contributed by atoms with van der Waals surface area (Å²) in [5.41, 5.74) is 9.03. The molecule has 1 aliphatic heterocycles. The van der Waals surface area contributed by atoms with Gasteiger partial charge in [-0.05, 0) is 13.0 Å². The molecule has 94 valence electrons. The largest absolute Gasteiger partial charge is 0.368 e. The van der Waals surface area contributed by atoms with Gasteiger partial charge in [-0.1, -0.05) is 18.2 Å². The predicted octanol–water partition coefficient (Wildman–Crippen LogP) is 1.33. The summed E-state index contributed by atoms with van der Waals surface area (Å²) in [6.45, 7) is 3.85. The van der Waals surface area contributed by atoms with Crippen molar-refractivity contribution in [1.82, 2.24) is 9.88 Å². The van der Waals surface area contributed by atoms with E-state index in [0.717, 1.165) is 30.5 Å². The minimum absolute atomic E-state index is 0.296.